The van der Waals surface area contributed by atoms with E-state index < -0.39 is 0 Å². The van der Waals surface area contributed by atoms with Gasteiger partial charge in [0, 0.05) is 4.83 Å². The zero-order valence-corrected chi connectivity index (χ0v) is 6.67. The fourth-order valence-corrected chi connectivity index (χ4v) is 2.24. The fraction of sp³-hybridized carbons (Fsp3) is 1.00. The van der Waals surface area contributed by atoms with Crippen LogP contribution in [0.25, 0.3) is 0 Å². The summed E-state index contributed by atoms with van der Waals surface area (Å²) in [7, 11) is 0. The highest BCUT2D eigenvalue weighted by Gasteiger charge is 2.36. The Kier molecular flexibility index (Phi) is 1.87. The molecule has 0 amide bonds. The van der Waals surface area contributed by atoms with E-state index in [-0.39, 0.29) is 10.8 Å². The van der Waals surface area contributed by atoms with E-state index in [1.165, 1.54) is 0 Å². The van der Waals surface area contributed by atoms with Gasteiger partial charge in [-0.1, -0.05) is 15.9 Å². The lowest BCUT2D eigenvalue weighted by atomic mass is 9.99. The number of hydrogen-bond donors (Lipinski definition) is 0. The van der Waals surface area contributed by atoms with Crippen LogP contribution in [0.1, 0.15) is 6.42 Å². The van der Waals surface area contributed by atoms with Crippen LogP contribution in [0.3, 0.4) is 0 Å². The minimum atomic E-state index is 0.154. The SMILES string of the molecule is ClC1CC(Br)[C@@H]1Cl. The van der Waals surface area contributed by atoms with Crippen molar-refractivity contribution in [2.75, 3.05) is 0 Å². The Morgan fingerprint density at radius 3 is 2.00 bits per heavy atom. The molecule has 42 valence electrons. The zero-order valence-electron chi connectivity index (χ0n) is 3.57. The van der Waals surface area contributed by atoms with Crippen molar-refractivity contribution in [3.05, 3.63) is 0 Å². The predicted octanol–water partition coefficient (Wildman–Crippen LogP) is 2.37. The van der Waals surface area contributed by atoms with E-state index >= 15 is 0 Å². The number of halogens is 3. The Hall–Kier alpha value is 1.06. The first kappa shape index (κ1) is 6.18. The zero-order chi connectivity index (χ0) is 5.44. The lowest BCUT2D eigenvalue weighted by molar-refractivity contribution is 0.551. The van der Waals surface area contributed by atoms with Gasteiger partial charge in [-0.25, -0.2) is 0 Å². The summed E-state index contributed by atoms with van der Waals surface area (Å²) in [6, 6.07) is 0. The minimum absolute atomic E-state index is 0.154. The number of hydrogen-bond acceptors (Lipinski definition) is 0. The van der Waals surface area contributed by atoms with Gasteiger partial charge in [0.2, 0.25) is 0 Å². The maximum atomic E-state index is 5.67. The molecule has 3 heteroatoms. The second-order valence-corrected chi connectivity index (χ2v) is 3.95. The van der Waals surface area contributed by atoms with Crippen molar-refractivity contribution in [1.29, 1.82) is 0 Å². The molecule has 1 aliphatic rings. The third-order valence-electron chi connectivity index (χ3n) is 1.14. The van der Waals surface area contributed by atoms with Crippen LogP contribution in [0.4, 0.5) is 0 Å². The summed E-state index contributed by atoms with van der Waals surface area (Å²) in [5.74, 6) is 0. The Morgan fingerprint density at radius 2 is 2.00 bits per heavy atom. The highest BCUT2D eigenvalue weighted by molar-refractivity contribution is 9.09. The molecule has 1 rings (SSSR count). The second-order valence-electron chi connectivity index (χ2n) is 1.71. The standard InChI is InChI=1S/C4H5BrCl2/c5-2-1-3(6)4(2)7/h2-4H,1H2/t2?,3?,4-/m0/s1. The van der Waals surface area contributed by atoms with Gasteiger partial charge >= 0.3 is 0 Å². The third-order valence-corrected chi connectivity index (χ3v) is 3.58. The molecule has 0 aromatic heterocycles. The molecule has 0 radical (unpaired) electrons. The number of alkyl halides is 3. The molecule has 3 atom stereocenters. The fourth-order valence-electron chi connectivity index (χ4n) is 0.506. The summed E-state index contributed by atoms with van der Waals surface area (Å²) in [5.41, 5.74) is 0. The molecule has 0 aromatic rings. The van der Waals surface area contributed by atoms with E-state index in [2.05, 4.69) is 15.9 Å². The monoisotopic (exact) mass is 202 g/mol. The van der Waals surface area contributed by atoms with Crippen LogP contribution in [0.5, 0.6) is 0 Å². The van der Waals surface area contributed by atoms with Gasteiger partial charge in [-0.05, 0) is 6.42 Å². The van der Waals surface area contributed by atoms with Gasteiger partial charge in [0.05, 0.1) is 10.8 Å². The second kappa shape index (κ2) is 2.12. The predicted molar refractivity (Wildman–Crippen MR) is 36.6 cm³/mol. The Labute approximate surface area is 61.3 Å². The van der Waals surface area contributed by atoms with Crippen molar-refractivity contribution in [1.82, 2.24) is 0 Å². The quantitative estimate of drug-likeness (QED) is 0.531. The van der Waals surface area contributed by atoms with Gasteiger partial charge in [-0.3, -0.25) is 0 Å². The normalized spacial score (nSPS) is 51.0. The minimum Gasteiger partial charge on any atom is -0.121 e. The van der Waals surface area contributed by atoms with E-state index in [9.17, 15) is 0 Å². The molecule has 1 saturated carbocycles. The van der Waals surface area contributed by atoms with Crippen LogP contribution < -0.4 is 0 Å². The van der Waals surface area contributed by atoms with Gasteiger partial charge < -0.3 is 0 Å². The molecule has 1 fully saturated rings. The Balaban J connectivity index is 2.29. The molecule has 1 aliphatic carbocycles. The van der Waals surface area contributed by atoms with Crippen molar-refractivity contribution >= 4 is 39.1 Å². The molecule has 0 aromatic carbocycles. The van der Waals surface area contributed by atoms with Crippen molar-refractivity contribution in [2.24, 2.45) is 0 Å². The van der Waals surface area contributed by atoms with Gasteiger partial charge in [-0.2, -0.15) is 0 Å². The maximum absolute atomic E-state index is 5.67. The van der Waals surface area contributed by atoms with Gasteiger partial charge in [-0.15, -0.1) is 23.2 Å². The molecular formula is C4H5BrCl2. The molecule has 2 unspecified atom stereocenters. The maximum Gasteiger partial charge on any atom is 0.0625 e. The van der Waals surface area contributed by atoms with Crippen LogP contribution in [0.2, 0.25) is 0 Å². The molecule has 0 spiro atoms. The van der Waals surface area contributed by atoms with E-state index in [1.54, 1.807) is 0 Å². The van der Waals surface area contributed by atoms with Crippen LogP contribution in [0.15, 0.2) is 0 Å². The van der Waals surface area contributed by atoms with Gasteiger partial charge in [0.15, 0.2) is 0 Å². The average molecular weight is 204 g/mol. The van der Waals surface area contributed by atoms with Crippen molar-refractivity contribution in [2.45, 2.75) is 22.0 Å². The van der Waals surface area contributed by atoms with E-state index in [0.717, 1.165) is 6.42 Å². The first-order valence-electron chi connectivity index (χ1n) is 2.14. The molecule has 0 N–H and O–H groups in total. The topological polar surface area (TPSA) is 0 Å². The lowest BCUT2D eigenvalue weighted by Gasteiger charge is -2.32. The van der Waals surface area contributed by atoms with Crippen LogP contribution >= 0.6 is 39.1 Å². The number of rotatable bonds is 0. The first-order valence-corrected chi connectivity index (χ1v) is 3.93. The molecule has 0 heterocycles. The summed E-state index contributed by atoms with van der Waals surface area (Å²) in [6.07, 6.45) is 1.01. The third kappa shape index (κ3) is 1.06. The molecular weight excluding hydrogens is 199 g/mol. The average Bonchev–Trinajstić information content (AvgIpc) is 1.68. The smallest absolute Gasteiger partial charge is 0.0625 e. The molecule has 0 bridgehead atoms. The van der Waals surface area contributed by atoms with Crippen molar-refractivity contribution in [3.63, 3.8) is 0 Å². The summed E-state index contributed by atoms with van der Waals surface area (Å²) in [6.45, 7) is 0. The summed E-state index contributed by atoms with van der Waals surface area (Å²) in [5, 5.41) is 0.354. The first-order chi connectivity index (χ1) is 3.22. The van der Waals surface area contributed by atoms with E-state index in [4.69, 9.17) is 23.2 Å². The van der Waals surface area contributed by atoms with E-state index in [0.29, 0.717) is 4.83 Å². The Bertz CT molecular complexity index is 68.1. The summed E-state index contributed by atoms with van der Waals surface area (Å²) >= 11 is 14.7. The molecule has 0 aliphatic heterocycles. The van der Waals surface area contributed by atoms with E-state index in [1.807, 2.05) is 0 Å². The van der Waals surface area contributed by atoms with Crippen LogP contribution in [0, 0.1) is 0 Å². The molecule has 7 heavy (non-hydrogen) atoms. The molecule has 0 nitrogen and oxygen atoms in total. The van der Waals surface area contributed by atoms with Gasteiger partial charge in [0.1, 0.15) is 0 Å². The highest BCUT2D eigenvalue weighted by atomic mass is 79.9. The van der Waals surface area contributed by atoms with Crippen LogP contribution in [-0.2, 0) is 0 Å². The van der Waals surface area contributed by atoms with Gasteiger partial charge in [0.25, 0.3) is 0 Å². The van der Waals surface area contributed by atoms with Crippen LogP contribution in [-0.4, -0.2) is 15.6 Å². The van der Waals surface area contributed by atoms with Crippen molar-refractivity contribution < 1.29 is 0 Å². The summed E-state index contributed by atoms with van der Waals surface area (Å²) in [4.78, 5) is 0.455. The Morgan fingerprint density at radius 1 is 1.43 bits per heavy atom. The van der Waals surface area contributed by atoms with Crippen molar-refractivity contribution in [3.8, 4) is 0 Å². The molecule has 0 saturated heterocycles. The highest BCUT2D eigenvalue weighted by Crippen LogP contribution is 2.36. The summed E-state index contributed by atoms with van der Waals surface area (Å²) < 4.78 is 0. The largest absolute Gasteiger partial charge is 0.121 e. The lowest BCUT2D eigenvalue weighted by Crippen LogP contribution is -2.39.